The van der Waals surface area contributed by atoms with E-state index < -0.39 is 5.92 Å². The summed E-state index contributed by atoms with van der Waals surface area (Å²) in [4.78, 5) is 16.5. The fourth-order valence-electron chi connectivity index (χ4n) is 2.86. The Morgan fingerprint density at radius 2 is 1.93 bits per heavy atom. The molecule has 1 atom stereocenters. The second-order valence-corrected chi connectivity index (χ2v) is 7.89. The summed E-state index contributed by atoms with van der Waals surface area (Å²) in [6, 6.07) is 22.9. The van der Waals surface area contributed by atoms with Crippen molar-refractivity contribution in [3.8, 4) is 6.07 Å². The van der Waals surface area contributed by atoms with Crippen molar-refractivity contribution in [1.82, 2.24) is 4.98 Å². The molecule has 0 aliphatic rings. The van der Waals surface area contributed by atoms with Gasteiger partial charge >= 0.3 is 0 Å². The van der Waals surface area contributed by atoms with Crippen molar-refractivity contribution in [2.45, 2.75) is 18.1 Å². The first kappa shape index (κ1) is 20.9. The largest absolute Gasteiger partial charge is 0.326 e. The van der Waals surface area contributed by atoms with E-state index in [4.69, 9.17) is 11.6 Å². The molecule has 0 aliphatic heterocycles. The predicted octanol–water partition coefficient (Wildman–Crippen LogP) is 5.65. The average Bonchev–Trinajstić information content (AvgIpc) is 2.75. The second kappa shape index (κ2) is 10.7. The van der Waals surface area contributed by atoms with E-state index in [9.17, 15) is 10.1 Å². The van der Waals surface area contributed by atoms with E-state index in [0.29, 0.717) is 22.9 Å². The number of nitriles is 1. The molecule has 0 saturated carbocycles. The lowest BCUT2D eigenvalue weighted by Crippen LogP contribution is -2.12. The third-order valence-electron chi connectivity index (χ3n) is 4.31. The first-order valence-electron chi connectivity index (χ1n) is 9.19. The summed E-state index contributed by atoms with van der Waals surface area (Å²) < 4.78 is 0. The number of rotatable bonds is 8. The van der Waals surface area contributed by atoms with Crippen LogP contribution in [0.4, 0.5) is 5.69 Å². The third-order valence-corrected chi connectivity index (χ3v) is 5.63. The summed E-state index contributed by atoms with van der Waals surface area (Å²) in [5.41, 5.74) is 3.25. The molecule has 1 heterocycles. The highest BCUT2D eigenvalue weighted by Crippen LogP contribution is 2.31. The van der Waals surface area contributed by atoms with Crippen molar-refractivity contribution in [3.63, 3.8) is 0 Å². The topological polar surface area (TPSA) is 65.8 Å². The lowest BCUT2D eigenvalue weighted by Gasteiger charge is -2.13. The van der Waals surface area contributed by atoms with Gasteiger partial charge in [-0.3, -0.25) is 9.78 Å². The summed E-state index contributed by atoms with van der Waals surface area (Å²) >= 11 is 8.09. The lowest BCUT2D eigenvalue weighted by molar-refractivity contribution is -0.115. The molecule has 0 radical (unpaired) electrons. The third kappa shape index (κ3) is 6.08. The van der Waals surface area contributed by atoms with Crippen LogP contribution in [0.25, 0.3) is 0 Å². The highest BCUT2D eigenvalue weighted by Gasteiger charge is 2.17. The Kier molecular flexibility index (Phi) is 7.69. The van der Waals surface area contributed by atoms with E-state index in [1.165, 1.54) is 0 Å². The number of hydrogen-bond acceptors (Lipinski definition) is 4. The fraction of sp³-hybridized carbons (Fsp3) is 0.174. The van der Waals surface area contributed by atoms with Crippen LogP contribution in [0.15, 0.2) is 72.9 Å². The second-order valence-electron chi connectivity index (χ2n) is 6.38. The number of thioether (sulfide) groups is 1. The van der Waals surface area contributed by atoms with Crippen molar-refractivity contribution >= 4 is 35.0 Å². The molecule has 0 aliphatic carbocycles. The lowest BCUT2D eigenvalue weighted by atomic mass is 9.92. The number of carbonyl (C=O) groups excluding carboxylic acids is 1. The Bertz CT molecular complexity index is 990. The fourth-order valence-corrected chi connectivity index (χ4v) is 4.00. The average molecular weight is 422 g/mol. The molecular weight excluding hydrogens is 402 g/mol. The van der Waals surface area contributed by atoms with Crippen molar-refractivity contribution in [3.05, 3.63) is 94.8 Å². The number of pyridine rings is 1. The van der Waals surface area contributed by atoms with Crippen LogP contribution < -0.4 is 5.32 Å². The van der Waals surface area contributed by atoms with Gasteiger partial charge in [-0.25, -0.2) is 0 Å². The van der Waals surface area contributed by atoms with Gasteiger partial charge in [0.1, 0.15) is 0 Å². The molecule has 1 N–H and O–H groups in total. The van der Waals surface area contributed by atoms with E-state index in [-0.39, 0.29) is 5.91 Å². The molecule has 0 bridgehead atoms. The number of carbonyl (C=O) groups is 1. The Morgan fingerprint density at radius 1 is 1.14 bits per heavy atom. The van der Waals surface area contributed by atoms with Crippen LogP contribution in [-0.4, -0.2) is 16.6 Å². The van der Waals surface area contributed by atoms with Crippen LogP contribution in [0.1, 0.15) is 29.2 Å². The molecule has 1 unspecified atom stereocenters. The zero-order valence-corrected chi connectivity index (χ0v) is 17.3. The van der Waals surface area contributed by atoms with Crippen LogP contribution in [0, 0.1) is 11.3 Å². The quantitative estimate of drug-likeness (QED) is 0.477. The van der Waals surface area contributed by atoms with Crippen LogP contribution in [-0.2, 0) is 10.5 Å². The van der Waals surface area contributed by atoms with Gasteiger partial charge in [0, 0.05) is 34.8 Å². The maximum absolute atomic E-state index is 12.2. The molecule has 146 valence electrons. The monoisotopic (exact) mass is 421 g/mol. The maximum atomic E-state index is 12.2. The van der Waals surface area contributed by atoms with E-state index in [0.717, 1.165) is 22.6 Å². The SMILES string of the molecule is N#CC(c1ccccc1)c1ccc(NC(=O)CCSCc2ccccn2)cc1Cl. The van der Waals surface area contributed by atoms with E-state index >= 15 is 0 Å². The van der Waals surface area contributed by atoms with Crippen molar-refractivity contribution in [1.29, 1.82) is 5.26 Å². The number of anilines is 1. The van der Waals surface area contributed by atoms with Gasteiger partial charge in [-0.05, 0) is 35.4 Å². The first-order valence-corrected chi connectivity index (χ1v) is 10.7. The van der Waals surface area contributed by atoms with Crippen LogP contribution in [0.5, 0.6) is 0 Å². The number of amides is 1. The van der Waals surface area contributed by atoms with E-state index in [1.54, 1.807) is 36.2 Å². The first-order chi connectivity index (χ1) is 14.2. The van der Waals surface area contributed by atoms with Gasteiger partial charge in [-0.2, -0.15) is 17.0 Å². The molecule has 29 heavy (non-hydrogen) atoms. The molecule has 4 nitrogen and oxygen atoms in total. The minimum absolute atomic E-state index is 0.0674. The van der Waals surface area contributed by atoms with Crippen LogP contribution in [0.2, 0.25) is 5.02 Å². The van der Waals surface area contributed by atoms with Gasteiger partial charge in [0.05, 0.1) is 17.7 Å². The molecular formula is C23H20ClN3OS. The Labute approximate surface area is 179 Å². The van der Waals surface area contributed by atoms with Gasteiger partial charge in [0.15, 0.2) is 0 Å². The van der Waals surface area contributed by atoms with Gasteiger partial charge in [0.2, 0.25) is 5.91 Å². The molecule has 3 aromatic rings. The Morgan fingerprint density at radius 3 is 2.62 bits per heavy atom. The van der Waals surface area contributed by atoms with Gasteiger partial charge in [-0.15, -0.1) is 0 Å². The van der Waals surface area contributed by atoms with E-state index in [1.807, 2.05) is 48.5 Å². The van der Waals surface area contributed by atoms with Crippen molar-refractivity contribution < 1.29 is 4.79 Å². The van der Waals surface area contributed by atoms with Crippen LogP contribution >= 0.6 is 23.4 Å². The van der Waals surface area contributed by atoms with Gasteiger partial charge in [0.25, 0.3) is 0 Å². The molecule has 1 aromatic heterocycles. The smallest absolute Gasteiger partial charge is 0.225 e. The summed E-state index contributed by atoms with van der Waals surface area (Å²) in [7, 11) is 0. The highest BCUT2D eigenvalue weighted by atomic mass is 35.5. The summed E-state index contributed by atoms with van der Waals surface area (Å²) in [5.74, 6) is 0.973. The molecule has 0 saturated heterocycles. The zero-order valence-electron chi connectivity index (χ0n) is 15.7. The molecule has 3 rings (SSSR count). The predicted molar refractivity (Wildman–Crippen MR) is 119 cm³/mol. The van der Waals surface area contributed by atoms with Crippen LogP contribution in [0.3, 0.4) is 0 Å². The maximum Gasteiger partial charge on any atom is 0.225 e. The highest BCUT2D eigenvalue weighted by molar-refractivity contribution is 7.98. The van der Waals surface area contributed by atoms with E-state index in [2.05, 4.69) is 16.4 Å². The molecule has 6 heteroatoms. The normalized spacial score (nSPS) is 11.4. The number of nitrogens with zero attached hydrogens (tertiary/aromatic N) is 2. The minimum Gasteiger partial charge on any atom is -0.326 e. The number of nitrogens with one attached hydrogen (secondary N) is 1. The number of benzene rings is 2. The van der Waals surface area contributed by atoms with Gasteiger partial charge < -0.3 is 5.32 Å². The van der Waals surface area contributed by atoms with Crippen molar-refractivity contribution in [2.24, 2.45) is 0 Å². The molecule has 0 fully saturated rings. The number of hydrogen-bond donors (Lipinski definition) is 1. The number of aromatic nitrogens is 1. The summed E-state index contributed by atoms with van der Waals surface area (Å²) in [6.45, 7) is 0. The molecule has 0 spiro atoms. The standard InChI is InChI=1S/C23H20ClN3OS/c24-22-14-18(9-10-20(22)21(15-25)17-6-2-1-3-7-17)27-23(28)11-13-29-16-19-8-4-5-12-26-19/h1-10,12,14,21H,11,13,16H2,(H,27,28). The Hall–Kier alpha value is -2.81. The minimum atomic E-state index is -0.448. The molecule has 2 aromatic carbocycles. The summed E-state index contributed by atoms with van der Waals surface area (Å²) in [6.07, 6.45) is 2.17. The van der Waals surface area contributed by atoms with Crippen molar-refractivity contribution in [2.75, 3.05) is 11.1 Å². The number of halogens is 1. The summed E-state index contributed by atoms with van der Waals surface area (Å²) in [5, 5.41) is 12.9. The Balaban J connectivity index is 1.54. The zero-order chi connectivity index (χ0) is 20.5. The van der Waals surface area contributed by atoms with Gasteiger partial charge in [-0.1, -0.05) is 54.1 Å². The molecule has 1 amide bonds.